The Hall–Kier alpha value is -3.31. The third-order valence-electron chi connectivity index (χ3n) is 10.5. The van der Waals surface area contributed by atoms with Crippen LogP contribution in [0.5, 0.6) is 0 Å². The Labute approximate surface area is 286 Å². The number of carbonyl (C=O) groups excluding carboxylic acids is 1. The molecule has 0 bridgehead atoms. The van der Waals surface area contributed by atoms with E-state index in [1.165, 1.54) is 17.7 Å². The lowest BCUT2D eigenvalue weighted by molar-refractivity contribution is -0.221. The molecule has 0 spiro atoms. The Morgan fingerprint density at radius 3 is 1.96 bits per heavy atom. The van der Waals surface area contributed by atoms with Crippen molar-refractivity contribution in [1.82, 2.24) is 14.5 Å². The van der Waals surface area contributed by atoms with Crippen LogP contribution in [0.15, 0.2) is 76.4 Å². The maximum absolute atomic E-state index is 14.1. The molecule has 1 N–H and O–H groups in total. The number of fused-ring (bicyclic) bond motifs is 1. The Kier molecular flexibility index (Phi) is 10.1. The van der Waals surface area contributed by atoms with Gasteiger partial charge in [-0.15, -0.1) is 0 Å². The number of aryl methyl sites for hydroxylation is 1. The topological polar surface area (TPSA) is 103 Å². The molecule has 0 saturated carbocycles. The van der Waals surface area contributed by atoms with Crippen LogP contribution in [-0.4, -0.2) is 74.1 Å². The van der Waals surface area contributed by atoms with Crippen LogP contribution in [0.25, 0.3) is 0 Å². The van der Waals surface area contributed by atoms with Gasteiger partial charge in [-0.2, -0.15) is 13.2 Å². The van der Waals surface area contributed by atoms with Crippen LogP contribution in [0.2, 0.25) is 23.2 Å². The zero-order valence-corrected chi connectivity index (χ0v) is 31.1. The second kappa shape index (κ2) is 13.4. The number of nitrogens with one attached hydrogen (secondary N) is 1. The minimum atomic E-state index is -5.14. The molecule has 2 saturated heterocycles. The van der Waals surface area contributed by atoms with Gasteiger partial charge < -0.3 is 18.5 Å². The van der Waals surface area contributed by atoms with Crippen molar-refractivity contribution in [2.75, 3.05) is 13.2 Å². The van der Waals surface area contributed by atoms with Gasteiger partial charge in [-0.05, 0) is 40.5 Å². The monoisotopic (exact) mass is 717 g/mol. The molecule has 0 radical (unpaired) electrons. The Bertz CT molecular complexity index is 1710. The Morgan fingerprint density at radius 1 is 0.959 bits per heavy atom. The molecule has 4 atom stereocenters. The Balaban J connectivity index is 1.70. The van der Waals surface area contributed by atoms with Gasteiger partial charge in [-0.3, -0.25) is 19.1 Å². The minimum Gasteiger partial charge on any atom is -0.407 e. The van der Waals surface area contributed by atoms with E-state index in [4.69, 9.17) is 13.6 Å². The average molecular weight is 718 g/mol. The standard InChI is InChI=1S/C35H46F3N3O6Si2/c1-8-48(9-2,10-3)47-27-28-34(22-41(28)31(43)35(36,37)38,46-30(27)40-21-24(4)29(42)39-32(40)44)23-45-49(33(5,6)7,25-17-13-11-14-18-25)26-19-15-12-16-20-26/h11-21,27-28,30H,8-10,22-23H2,1-7H3,(H,39,42,44)/t27-,28?,30-,34-/m1/s1. The predicted octanol–water partition coefficient (Wildman–Crippen LogP) is 4.85. The maximum Gasteiger partial charge on any atom is 0.471 e. The molecule has 0 aliphatic carbocycles. The number of halogens is 3. The number of aromatic amines is 1. The minimum absolute atomic E-state index is 0.168. The predicted molar refractivity (Wildman–Crippen MR) is 186 cm³/mol. The third-order valence-corrected chi connectivity index (χ3v) is 20.1. The summed E-state index contributed by atoms with van der Waals surface area (Å²) in [4.78, 5) is 41.8. The van der Waals surface area contributed by atoms with Gasteiger partial charge in [-0.1, -0.05) is 102 Å². The molecule has 3 aromatic rings. The normalized spacial score (nSPS) is 22.9. The van der Waals surface area contributed by atoms with Gasteiger partial charge in [0.15, 0.2) is 14.5 Å². The molecule has 9 nitrogen and oxygen atoms in total. The van der Waals surface area contributed by atoms with E-state index in [0.717, 1.165) is 15.3 Å². The van der Waals surface area contributed by atoms with Gasteiger partial charge in [0.05, 0.1) is 19.2 Å². The average Bonchev–Trinajstić information content (AvgIpc) is 3.28. The Morgan fingerprint density at radius 2 is 1.49 bits per heavy atom. The molecule has 1 amide bonds. The number of likely N-dealkylation sites (tertiary alicyclic amines) is 1. The van der Waals surface area contributed by atoms with Gasteiger partial charge in [0.25, 0.3) is 13.9 Å². The van der Waals surface area contributed by atoms with Crippen molar-refractivity contribution in [2.24, 2.45) is 0 Å². The van der Waals surface area contributed by atoms with Crippen molar-refractivity contribution >= 4 is 32.9 Å². The molecule has 266 valence electrons. The lowest BCUT2D eigenvalue weighted by Crippen LogP contribution is -2.77. The SMILES string of the molecule is CC[Si](CC)(CC)O[C@@H]1C2N(C(=O)C(F)(F)F)C[C@]2(CO[Si](c2ccccc2)(c2ccccc2)C(C)(C)C)O[C@H]1n1cc(C)c(=O)[nH]c1=O. The second-order valence-corrected chi connectivity index (χ2v) is 23.2. The quantitative estimate of drug-likeness (QED) is 0.285. The maximum atomic E-state index is 14.1. The molecular weight excluding hydrogens is 672 g/mol. The van der Waals surface area contributed by atoms with Crippen molar-refractivity contribution in [3.8, 4) is 0 Å². The smallest absolute Gasteiger partial charge is 0.407 e. The summed E-state index contributed by atoms with van der Waals surface area (Å²) < 4.78 is 64.5. The van der Waals surface area contributed by atoms with E-state index < -0.39 is 75.5 Å². The number of amides is 1. The molecule has 2 aromatic carbocycles. The second-order valence-electron chi connectivity index (χ2n) is 14.2. The van der Waals surface area contributed by atoms with Gasteiger partial charge in [0.2, 0.25) is 0 Å². The van der Waals surface area contributed by atoms with E-state index in [1.807, 2.05) is 81.4 Å². The number of aromatic nitrogens is 2. The number of nitrogens with zero attached hydrogens (tertiary/aromatic N) is 2. The highest BCUT2D eigenvalue weighted by Crippen LogP contribution is 2.52. The van der Waals surface area contributed by atoms with Crippen molar-refractivity contribution in [2.45, 2.75) is 102 Å². The highest BCUT2D eigenvalue weighted by atomic mass is 28.4. The third kappa shape index (κ3) is 6.41. The zero-order chi connectivity index (χ0) is 36.0. The van der Waals surface area contributed by atoms with Crippen LogP contribution in [0, 0.1) is 6.92 Å². The van der Waals surface area contributed by atoms with E-state index in [9.17, 15) is 27.6 Å². The molecular formula is C35H46F3N3O6Si2. The summed E-state index contributed by atoms with van der Waals surface area (Å²) in [5, 5.41) is 1.48. The molecule has 3 heterocycles. The van der Waals surface area contributed by atoms with Gasteiger partial charge in [0.1, 0.15) is 11.7 Å². The van der Waals surface area contributed by atoms with E-state index >= 15 is 0 Å². The fourth-order valence-corrected chi connectivity index (χ4v) is 15.1. The summed E-state index contributed by atoms with van der Waals surface area (Å²) >= 11 is 0. The summed E-state index contributed by atoms with van der Waals surface area (Å²) in [5.74, 6) is -2.00. The van der Waals surface area contributed by atoms with Crippen LogP contribution in [0.4, 0.5) is 13.2 Å². The molecule has 14 heteroatoms. The molecule has 1 aromatic heterocycles. The van der Waals surface area contributed by atoms with Gasteiger partial charge in [0, 0.05) is 11.8 Å². The van der Waals surface area contributed by atoms with Crippen molar-refractivity contribution in [3.05, 3.63) is 93.3 Å². The first-order valence-corrected chi connectivity index (χ1v) is 21.2. The van der Waals surface area contributed by atoms with Crippen molar-refractivity contribution < 1.29 is 31.6 Å². The van der Waals surface area contributed by atoms with E-state index in [-0.39, 0.29) is 12.2 Å². The van der Waals surface area contributed by atoms with Crippen LogP contribution >= 0.6 is 0 Å². The summed E-state index contributed by atoms with van der Waals surface area (Å²) in [5.41, 5.74) is -2.61. The van der Waals surface area contributed by atoms with E-state index in [0.29, 0.717) is 18.1 Å². The van der Waals surface area contributed by atoms with Crippen LogP contribution in [0.3, 0.4) is 0 Å². The lowest BCUT2D eigenvalue weighted by Gasteiger charge is -2.55. The fraction of sp³-hybridized carbons (Fsp3) is 0.514. The lowest BCUT2D eigenvalue weighted by atomic mass is 9.82. The fourth-order valence-electron chi connectivity index (χ4n) is 7.62. The molecule has 2 fully saturated rings. The van der Waals surface area contributed by atoms with Crippen molar-refractivity contribution in [1.29, 1.82) is 0 Å². The number of benzene rings is 2. The number of rotatable bonds is 11. The number of hydrogen-bond donors (Lipinski definition) is 1. The summed E-state index contributed by atoms with van der Waals surface area (Å²) in [7, 11) is -5.81. The van der Waals surface area contributed by atoms with Crippen LogP contribution in [0.1, 0.15) is 53.3 Å². The molecule has 1 unspecified atom stereocenters. The van der Waals surface area contributed by atoms with Crippen molar-refractivity contribution in [3.63, 3.8) is 0 Å². The van der Waals surface area contributed by atoms with Gasteiger partial charge in [-0.25, -0.2) is 4.79 Å². The first-order chi connectivity index (χ1) is 23.0. The summed E-state index contributed by atoms with van der Waals surface area (Å²) in [6.45, 7) is 13.2. The van der Waals surface area contributed by atoms with Crippen LogP contribution in [-0.2, 0) is 18.4 Å². The summed E-state index contributed by atoms with van der Waals surface area (Å²) in [6, 6.07) is 20.4. The number of carbonyl (C=O) groups is 1. The molecule has 2 aliphatic rings. The van der Waals surface area contributed by atoms with E-state index in [1.54, 1.807) is 0 Å². The number of H-pyrrole nitrogens is 1. The first kappa shape index (κ1) is 37.0. The van der Waals surface area contributed by atoms with Crippen LogP contribution < -0.4 is 21.6 Å². The van der Waals surface area contributed by atoms with E-state index in [2.05, 4.69) is 25.8 Å². The molecule has 2 aliphatic heterocycles. The van der Waals surface area contributed by atoms with Gasteiger partial charge >= 0.3 is 17.8 Å². The molecule has 49 heavy (non-hydrogen) atoms. The number of alkyl halides is 3. The number of hydrogen-bond acceptors (Lipinski definition) is 6. The highest BCUT2D eigenvalue weighted by molar-refractivity contribution is 6.99. The summed E-state index contributed by atoms with van der Waals surface area (Å²) in [6.07, 6.45) is -6.18. The largest absolute Gasteiger partial charge is 0.471 e. The zero-order valence-electron chi connectivity index (χ0n) is 29.1. The molecule has 5 rings (SSSR count). The number of ether oxygens (including phenoxy) is 1. The first-order valence-electron chi connectivity index (χ1n) is 16.8. The highest BCUT2D eigenvalue weighted by Gasteiger charge is 2.71.